The Labute approximate surface area is 136 Å². The molecular formula is C15H26N4O4. The lowest BCUT2D eigenvalue weighted by atomic mass is 10.2. The fourth-order valence-corrected chi connectivity index (χ4v) is 2.00. The van der Waals surface area contributed by atoms with Gasteiger partial charge in [-0.3, -0.25) is 5.41 Å². The van der Waals surface area contributed by atoms with E-state index in [1.54, 1.807) is 6.07 Å². The number of anilines is 1. The van der Waals surface area contributed by atoms with E-state index in [4.69, 9.17) is 35.9 Å². The first kappa shape index (κ1) is 18.7. The van der Waals surface area contributed by atoms with Crippen LogP contribution in [0.25, 0.3) is 0 Å². The fourth-order valence-electron chi connectivity index (χ4n) is 2.00. The molecule has 1 rings (SSSR count). The van der Waals surface area contributed by atoms with Crippen LogP contribution in [0.2, 0.25) is 0 Å². The van der Waals surface area contributed by atoms with Crippen LogP contribution < -0.4 is 35.5 Å². The summed E-state index contributed by atoms with van der Waals surface area (Å²) in [4.78, 5) is 0. The van der Waals surface area contributed by atoms with Gasteiger partial charge in [0.25, 0.3) is 0 Å². The van der Waals surface area contributed by atoms with Gasteiger partial charge in [-0.2, -0.15) is 0 Å². The minimum Gasteiger partial charge on any atom is -0.490 e. The van der Waals surface area contributed by atoms with E-state index in [9.17, 15) is 0 Å². The van der Waals surface area contributed by atoms with Gasteiger partial charge in [0.05, 0.1) is 26.4 Å². The second kappa shape index (κ2) is 8.94. The lowest BCUT2D eigenvalue weighted by Crippen LogP contribution is -2.42. The van der Waals surface area contributed by atoms with Gasteiger partial charge in [-0.05, 0) is 27.7 Å². The molecule has 0 aliphatic rings. The first-order valence-corrected chi connectivity index (χ1v) is 7.62. The number of benzene rings is 1. The van der Waals surface area contributed by atoms with E-state index in [-0.39, 0.29) is 5.96 Å². The summed E-state index contributed by atoms with van der Waals surface area (Å²) < 4.78 is 22.7. The number of nitrogens with zero attached hydrogens (tertiary/aromatic N) is 1. The zero-order chi connectivity index (χ0) is 17.4. The number of ether oxygens (including phenoxy) is 4. The Morgan fingerprint density at radius 2 is 1.39 bits per heavy atom. The predicted molar refractivity (Wildman–Crippen MR) is 89.7 cm³/mol. The monoisotopic (exact) mass is 326 g/mol. The minimum atomic E-state index is -0.333. The average Bonchev–Trinajstić information content (AvgIpc) is 2.52. The summed E-state index contributed by atoms with van der Waals surface area (Å²) >= 11 is 0. The van der Waals surface area contributed by atoms with Crippen LogP contribution >= 0.6 is 0 Å². The number of rotatable bonds is 9. The van der Waals surface area contributed by atoms with Gasteiger partial charge in [-0.1, -0.05) is 0 Å². The normalized spacial score (nSPS) is 10.1. The van der Waals surface area contributed by atoms with Crippen molar-refractivity contribution in [2.24, 2.45) is 11.6 Å². The molecule has 8 nitrogen and oxygen atoms in total. The first-order valence-electron chi connectivity index (χ1n) is 7.62. The summed E-state index contributed by atoms with van der Waals surface area (Å²) in [5, 5.41) is 8.56. The molecule has 0 atom stereocenters. The molecule has 0 aromatic heterocycles. The van der Waals surface area contributed by atoms with E-state index < -0.39 is 0 Å². The molecule has 0 amide bonds. The molecule has 0 aliphatic heterocycles. The summed E-state index contributed by atoms with van der Waals surface area (Å²) in [7, 11) is 0. The van der Waals surface area contributed by atoms with E-state index in [1.807, 2.05) is 27.7 Å². The molecule has 1 aromatic rings. The van der Waals surface area contributed by atoms with Crippen molar-refractivity contribution >= 4 is 11.6 Å². The second-order valence-corrected chi connectivity index (χ2v) is 4.37. The first-order chi connectivity index (χ1) is 11.0. The second-order valence-electron chi connectivity index (χ2n) is 4.37. The van der Waals surface area contributed by atoms with Crippen molar-refractivity contribution in [3.63, 3.8) is 0 Å². The minimum absolute atomic E-state index is 0.333. The van der Waals surface area contributed by atoms with Crippen LogP contribution in [0.3, 0.4) is 0 Å². The molecular weight excluding hydrogens is 300 g/mol. The van der Waals surface area contributed by atoms with Gasteiger partial charge in [0.2, 0.25) is 17.5 Å². The van der Waals surface area contributed by atoms with Gasteiger partial charge in [0.15, 0.2) is 11.5 Å². The Kier molecular flexibility index (Phi) is 7.27. The predicted octanol–water partition coefficient (Wildman–Crippen LogP) is 1.85. The molecule has 0 saturated heterocycles. The SMILES string of the molecule is CCOc1cc(N(N)C(=N)N)c(OCC)c(OCC)c1OCC. The highest BCUT2D eigenvalue weighted by Crippen LogP contribution is 2.50. The zero-order valence-electron chi connectivity index (χ0n) is 14.1. The molecule has 0 saturated carbocycles. The summed E-state index contributed by atoms with van der Waals surface area (Å²) in [6, 6.07) is 1.63. The van der Waals surface area contributed by atoms with Crippen LogP contribution in [0, 0.1) is 5.41 Å². The molecule has 0 radical (unpaired) electrons. The van der Waals surface area contributed by atoms with Crippen LogP contribution in [0.5, 0.6) is 23.0 Å². The third kappa shape index (κ3) is 4.32. The van der Waals surface area contributed by atoms with Crippen molar-refractivity contribution in [2.75, 3.05) is 31.4 Å². The lowest BCUT2D eigenvalue weighted by molar-refractivity contribution is 0.244. The topological polar surface area (TPSA) is 116 Å². The molecule has 0 spiro atoms. The third-order valence-electron chi connectivity index (χ3n) is 2.82. The lowest BCUT2D eigenvalue weighted by Gasteiger charge is -2.25. The zero-order valence-corrected chi connectivity index (χ0v) is 14.1. The highest BCUT2D eigenvalue weighted by Gasteiger charge is 2.26. The molecule has 8 heteroatoms. The van der Waals surface area contributed by atoms with E-state index >= 15 is 0 Å². The number of hydrazine groups is 1. The van der Waals surface area contributed by atoms with Crippen molar-refractivity contribution in [1.82, 2.24) is 0 Å². The van der Waals surface area contributed by atoms with Crippen molar-refractivity contribution < 1.29 is 18.9 Å². The molecule has 1 aromatic carbocycles. The van der Waals surface area contributed by atoms with Crippen molar-refractivity contribution in [1.29, 1.82) is 5.41 Å². The Bertz CT molecular complexity index is 537. The molecule has 0 bridgehead atoms. The van der Waals surface area contributed by atoms with Crippen LogP contribution in [0.15, 0.2) is 6.07 Å². The summed E-state index contributed by atoms with van der Waals surface area (Å²) in [5.74, 6) is 7.18. The molecule has 0 unspecified atom stereocenters. The average molecular weight is 326 g/mol. The summed E-state index contributed by atoms with van der Waals surface area (Å²) in [6.45, 7) is 9.07. The molecule has 0 fully saturated rings. The molecule has 5 N–H and O–H groups in total. The molecule has 0 aliphatic carbocycles. The molecule has 23 heavy (non-hydrogen) atoms. The van der Waals surface area contributed by atoms with Gasteiger partial charge < -0.3 is 24.7 Å². The van der Waals surface area contributed by atoms with Gasteiger partial charge in [0.1, 0.15) is 5.69 Å². The summed E-state index contributed by atoms with van der Waals surface area (Å²) in [6.07, 6.45) is 0. The van der Waals surface area contributed by atoms with Crippen LogP contribution in [0.4, 0.5) is 5.69 Å². The third-order valence-corrected chi connectivity index (χ3v) is 2.82. The maximum Gasteiger partial charge on any atom is 0.209 e. The highest BCUT2D eigenvalue weighted by molar-refractivity contribution is 5.94. The molecule has 0 heterocycles. The maximum absolute atomic E-state index is 7.56. The van der Waals surface area contributed by atoms with Crippen LogP contribution in [0.1, 0.15) is 27.7 Å². The van der Waals surface area contributed by atoms with Gasteiger partial charge in [-0.15, -0.1) is 0 Å². The number of guanidine groups is 1. The van der Waals surface area contributed by atoms with Crippen molar-refractivity contribution in [3.05, 3.63) is 6.07 Å². The fraction of sp³-hybridized carbons (Fsp3) is 0.533. The number of nitrogens with one attached hydrogen (secondary N) is 1. The Balaban J connectivity index is 3.63. The molecule has 130 valence electrons. The van der Waals surface area contributed by atoms with Gasteiger partial charge >= 0.3 is 0 Å². The van der Waals surface area contributed by atoms with E-state index in [1.165, 1.54) is 0 Å². The van der Waals surface area contributed by atoms with E-state index in [0.717, 1.165) is 5.01 Å². The highest BCUT2D eigenvalue weighted by atomic mass is 16.6. The standard InChI is InChI=1S/C15H26N4O4/c1-5-20-11-9-10(19(18)15(16)17)12(21-6-2)14(23-8-4)13(11)22-7-3/h9H,5-8,18H2,1-4H3,(H3,16,17). The van der Waals surface area contributed by atoms with Crippen LogP contribution in [-0.4, -0.2) is 32.4 Å². The van der Waals surface area contributed by atoms with Gasteiger partial charge in [0, 0.05) is 6.07 Å². The van der Waals surface area contributed by atoms with E-state index in [2.05, 4.69) is 0 Å². The largest absolute Gasteiger partial charge is 0.490 e. The van der Waals surface area contributed by atoms with Crippen molar-refractivity contribution in [2.45, 2.75) is 27.7 Å². The Morgan fingerprint density at radius 1 is 0.913 bits per heavy atom. The Morgan fingerprint density at radius 3 is 1.87 bits per heavy atom. The quantitative estimate of drug-likeness (QED) is 0.274. The van der Waals surface area contributed by atoms with Crippen molar-refractivity contribution in [3.8, 4) is 23.0 Å². The van der Waals surface area contributed by atoms with Gasteiger partial charge in [-0.25, -0.2) is 10.9 Å². The number of nitrogens with two attached hydrogens (primary N) is 2. The Hall–Kier alpha value is -2.35. The number of hydrogen-bond donors (Lipinski definition) is 3. The smallest absolute Gasteiger partial charge is 0.209 e. The maximum atomic E-state index is 7.56. The van der Waals surface area contributed by atoms with E-state index in [0.29, 0.717) is 55.1 Å². The van der Waals surface area contributed by atoms with Crippen LogP contribution in [-0.2, 0) is 0 Å². The summed E-state index contributed by atoms with van der Waals surface area (Å²) in [5.41, 5.74) is 5.86. The number of hydrogen-bond acceptors (Lipinski definition) is 6.